The highest BCUT2D eigenvalue weighted by atomic mass is 35.5. The van der Waals surface area contributed by atoms with E-state index in [2.05, 4.69) is 25.3 Å². The fraction of sp³-hybridized carbons (Fsp3) is 0.455. The van der Waals surface area contributed by atoms with Crippen molar-refractivity contribution >= 4 is 39.5 Å². The minimum atomic E-state index is -1.18. The van der Waals surface area contributed by atoms with E-state index in [1.54, 1.807) is 16.6 Å². The van der Waals surface area contributed by atoms with Crippen LogP contribution in [0.3, 0.4) is 0 Å². The van der Waals surface area contributed by atoms with Gasteiger partial charge in [0, 0.05) is 36.8 Å². The lowest BCUT2D eigenvalue weighted by Gasteiger charge is -2.38. The molecule has 1 fully saturated rings. The van der Waals surface area contributed by atoms with Gasteiger partial charge in [-0.25, -0.2) is 14.4 Å². The maximum Gasteiger partial charge on any atom is 0.177 e. The molecule has 1 aliphatic rings. The van der Waals surface area contributed by atoms with E-state index >= 15 is 0 Å². The third-order valence-corrected chi connectivity index (χ3v) is 7.11. The zero-order valence-electron chi connectivity index (χ0n) is 18.7. The number of anilines is 1. The Morgan fingerprint density at radius 3 is 2.88 bits per heavy atom. The van der Waals surface area contributed by atoms with Crippen molar-refractivity contribution in [1.29, 1.82) is 0 Å². The highest BCUT2D eigenvalue weighted by Crippen LogP contribution is 2.38. The van der Waals surface area contributed by atoms with E-state index in [1.807, 2.05) is 26.1 Å². The number of alkyl halides is 1. The molecule has 174 valence electrons. The van der Waals surface area contributed by atoms with Crippen LogP contribution in [0.2, 0.25) is 5.02 Å². The summed E-state index contributed by atoms with van der Waals surface area (Å²) >= 11 is 6.77. The molecule has 0 saturated heterocycles. The molecular formula is C22H26ClFN8O. The first-order valence-corrected chi connectivity index (χ1v) is 11.3. The van der Waals surface area contributed by atoms with Crippen molar-refractivity contribution in [3.8, 4) is 11.3 Å². The van der Waals surface area contributed by atoms with Gasteiger partial charge in [-0.15, -0.1) is 0 Å². The van der Waals surface area contributed by atoms with Gasteiger partial charge < -0.3 is 15.7 Å². The van der Waals surface area contributed by atoms with Gasteiger partial charge in [0.1, 0.15) is 23.1 Å². The van der Waals surface area contributed by atoms with Crippen molar-refractivity contribution < 1.29 is 9.50 Å². The van der Waals surface area contributed by atoms with Gasteiger partial charge in [-0.05, 0) is 38.3 Å². The number of halogens is 2. The van der Waals surface area contributed by atoms with Gasteiger partial charge >= 0.3 is 0 Å². The van der Waals surface area contributed by atoms with Crippen LogP contribution in [0.5, 0.6) is 0 Å². The second-order valence-electron chi connectivity index (χ2n) is 8.67. The van der Waals surface area contributed by atoms with Gasteiger partial charge in [-0.2, -0.15) is 10.2 Å². The van der Waals surface area contributed by atoms with E-state index < -0.39 is 18.3 Å². The minimum absolute atomic E-state index is 0.341. The molecule has 9 nitrogen and oxygen atoms in total. The molecule has 0 aliphatic heterocycles. The number of rotatable bonds is 4. The maximum atomic E-state index is 14.8. The van der Waals surface area contributed by atoms with Gasteiger partial charge in [0.25, 0.3) is 0 Å². The first kappa shape index (κ1) is 22.0. The van der Waals surface area contributed by atoms with Crippen molar-refractivity contribution in [3.63, 3.8) is 0 Å². The normalized spacial score (nSPS) is 21.2. The number of aliphatic hydroxyl groups excluding tert-OH is 1. The molecule has 5 rings (SSSR count). The minimum Gasteiger partial charge on any atom is -0.390 e. The first-order chi connectivity index (χ1) is 15.8. The molecule has 3 heterocycles. The summed E-state index contributed by atoms with van der Waals surface area (Å²) in [5.74, 6) is 0.409. The number of aromatic nitrogens is 6. The lowest BCUT2D eigenvalue weighted by atomic mass is 9.89. The summed E-state index contributed by atoms with van der Waals surface area (Å²) in [7, 11) is 3.63. The Balaban J connectivity index is 1.61. The van der Waals surface area contributed by atoms with Crippen molar-refractivity contribution in [3.05, 3.63) is 28.5 Å². The monoisotopic (exact) mass is 472 g/mol. The topological polar surface area (TPSA) is 122 Å². The number of aromatic amines is 1. The summed E-state index contributed by atoms with van der Waals surface area (Å²) in [6, 6.07) is 2.80. The Hall–Kier alpha value is -2.82. The van der Waals surface area contributed by atoms with Crippen LogP contribution in [0.1, 0.15) is 30.7 Å². The molecule has 3 atom stereocenters. The molecule has 0 radical (unpaired) electrons. The number of aliphatic hydroxyl groups is 1. The zero-order chi connectivity index (χ0) is 23.4. The highest BCUT2D eigenvalue weighted by Gasteiger charge is 2.35. The van der Waals surface area contributed by atoms with Crippen molar-refractivity contribution in [2.45, 2.75) is 51.0 Å². The number of aryl methyl sites for hydroxylation is 2. The Labute approximate surface area is 194 Å². The highest BCUT2D eigenvalue weighted by molar-refractivity contribution is 6.38. The summed E-state index contributed by atoms with van der Waals surface area (Å²) in [5.41, 5.74) is 10.2. The molecule has 0 spiro atoms. The number of hydrogen-bond acceptors (Lipinski definition) is 7. The second kappa shape index (κ2) is 8.19. The number of nitrogens with two attached hydrogens (primary N) is 1. The fourth-order valence-corrected chi connectivity index (χ4v) is 5.13. The van der Waals surface area contributed by atoms with Crippen LogP contribution in [0, 0.1) is 6.92 Å². The summed E-state index contributed by atoms with van der Waals surface area (Å²) in [6.07, 6.45) is 0.973. The molecule has 4 N–H and O–H groups in total. The summed E-state index contributed by atoms with van der Waals surface area (Å²) in [6.45, 7) is 1.60. The molecule has 0 bridgehead atoms. The number of H-pyrrole nitrogens is 1. The van der Waals surface area contributed by atoms with Crippen LogP contribution in [0.15, 0.2) is 12.1 Å². The largest absolute Gasteiger partial charge is 0.390 e. The number of benzene rings is 1. The smallest absolute Gasteiger partial charge is 0.177 e. The van der Waals surface area contributed by atoms with Gasteiger partial charge in [0.05, 0.1) is 23.2 Å². The van der Waals surface area contributed by atoms with E-state index in [0.717, 1.165) is 23.0 Å². The van der Waals surface area contributed by atoms with E-state index in [-0.39, 0.29) is 6.61 Å². The molecule has 0 amide bonds. The van der Waals surface area contributed by atoms with Crippen LogP contribution < -0.4 is 10.6 Å². The quantitative estimate of drug-likeness (QED) is 0.417. The zero-order valence-corrected chi connectivity index (χ0v) is 19.4. The summed E-state index contributed by atoms with van der Waals surface area (Å²) < 4.78 is 16.6. The number of nitrogens with one attached hydrogen (secondary N) is 1. The molecule has 1 aromatic carbocycles. The van der Waals surface area contributed by atoms with Gasteiger partial charge in [-0.3, -0.25) is 9.78 Å². The molecule has 1 saturated carbocycles. The fourth-order valence-electron chi connectivity index (χ4n) is 4.75. The average Bonchev–Trinajstić information content (AvgIpc) is 3.34. The lowest BCUT2D eigenvalue weighted by molar-refractivity contribution is 0.184. The van der Waals surface area contributed by atoms with Crippen molar-refractivity contribution in [2.75, 3.05) is 11.9 Å². The predicted molar refractivity (Wildman–Crippen MR) is 126 cm³/mol. The Morgan fingerprint density at radius 2 is 2.12 bits per heavy atom. The second-order valence-corrected chi connectivity index (χ2v) is 9.05. The van der Waals surface area contributed by atoms with Crippen LogP contribution in [-0.2, 0) is 13.7 Å². The standard InChI is InChI=1S/C22H26ClFN8O/c1-10-16-13(30-32(10)3)8-7-11(17(16)23)19-20-21(29-28-19)27-22(14(9-33)26-20)31(2)15-6-4-5-12(25)18(15)24/h7-8,12,15,18,33H,4-6,9,25H2,1-3H3,(H,27,28,29)/t12-,15+,18-/m0/s1. The lowest BCUT2D eigenvalue weighted by Crippen LogP contribution is -2.51. The summed E-state index contributed by atoms with van der Waals surface area (Å²) in [5, 5.41) is 23.3. The van der Waals surface area contributed by atoms with Crippen LogP contribution >= 0.6 is 11.6 Å². The van der Waals surface area contributed by atoms with E-state index in [1.165, 1.54) is 0 Å². The van der Waals surface area contributed by atoms with E-state index in [4.69, 9.17) is 17.3 Å². The van der Waals surface area contributed by atoms with Gasteiger partial charge in [0.2, 0.25) is 0 Å². The molecule has 3 aromatic heterocycles. The maximum absolute atomic E-state index is 14.8. The van der Waals surface area contributed by atoms with Crippen LogP contribution in [0.4, 0.5) is 10.2 Å². The SMILES string of the molecule is Cc1c2c(Cl)c(-c3n[nH]c4nc(N(C)[C@@H]5CCC[C@H](N)[C@@H]5F)c(CO)nc34)ccc2nn1C. The van der Waals surface area contributed by atoms with E-state index in [0.29, 0.717) is 51.8 Å². The first-order valence-electron chi connectivity index (χ1n) is 10.9. The number of hydrogen-bond donors (Lipinski definition) is 3. The Kier molecular flexibility index (Phi) is 5.46. The van der Waals surface area contributed by atoms with E-state index in [9.17, 15) is 9.50 Å². The Morgan fingerprint density at radius 1 is 1.33 bits per heavy atom. The molecule has 33 heavy (non-hydrogen) atoms. The molecule has 11 heteroatoms. The van der Waals surface area contributed by atoms with Crippen LogP contribution in [0.25, 0.3) is 33.3 Å². The molecular weight excluding hydrogens is 447 g/mol. The number of nitrogens with zero attached hydrogens (tertiary/aromatic N) is 6. The number of fused-ring (bicyclic) bond motifs is 2. The predicted octanol–water partition coefficient (Wildman–Crippen LogP) is 3.01. The molecule has 1 aliphatic carbocycles. The van der Waals surface area contributed by atoms with Crippen molar-refractivity contribution in [2.24, 2.45) is 12.8 Å². The van der Waals surface area contributed by atoms with Gasteiger partial charge in [-0.1, -0.05) is 11.6 Å². The third-order valence-electron chi connectivity index (χ3n) is 6.72. The molecule has 4 aromatic rings. The third kappa shape index (κ3) is 3.44. The Bertz CT molecular complexity index is 1350. The van der Waals surface area contributed by atoms with Crippen LogP contribution in [-0.4, -0.2) is 60.4 Å². The van der Waals surface area contributed by atoms with Crippen molar-refractivity contribution in [1.82, 2.24) is 29.9 Å². The average molecular weight is 473 g/mol. The van der Waals surface area contributed by atoms with Gasteiger partial charge in [0.15, 0.2) is 11.5 Å². The summed E-state index contributed by atoms with van der Waals surface area (Å²) in [4.78, 5) is 11.1. The molecule has 0 unspecified atom stereocenters.